The van der Waals surface area contributed by atoms with Gasteiger partial charge in [-0.1, -0.05) is 6.07 Å². The Morgan fingerprint density at radius 1 is 1.20 bits per heavy atom. The molecule has 0 fully saturated rings. The number of anilines is 1. The Morgan fingerprint density at radius 3 is 2.60 bits per heavy atom. The van der Waals surface area contributed by atoms with Crippen LogP contribution in [0.3, 0.4) is 0 Å². The van der Waals surface area contributed by atoms with Crippen LogP contribution < -0.4 is 16.4 Å². The highest BCUT2D eigenvalue weighted by molar-refractivity contribution is 5.95. The summed E-state index contributed by atoms with van der Waals surface area (Å²) < 4.78 is 0. The number of hydrogen-bond donors (Lipinski definition) is 4. The predicted octanol–water partition coefficient (Wildman–Crippen LogP) is 1.16. The average Bonchev–Trinajstić information content (AvgIpc) is 2.38. The highest BCUT2D eigenvalue weighted by atomic mass is 16.4. The zero-order valence-corrected chi connectivity index (χ0v) is 10.9. The normalized spacial score (nSPS) is 9.80. The molecule has 20 heavy (non-hydrogen) atoms. The number of amides is 3. The number of benzene rings is 1. The third-order valence-electron chi connectivity index (χ3n) is 2.51. The van der Waals surface area contributed by atoms with E-state index in [1.54, 1.807) is 18.2 Å². The summed E-state index contributed by atoms with van der Waals surface area (Å²) in [7, 11) is 0. The van der Waals surface area contributed by atoms with E-state index in [0.717, 1.165) is 0 Å². The molecule has 1 rings (SSSR count). The standard InChI is InChI=1S/C13H17N3O4/c14-12(19)9-4-3-5-10(8-9)16-13(20)15-7-2-1-6-11(17)18/h3-5,8H,1-2,6-7H2,(H2,14,19)(H,17,18)(H2,15,16,20). The fraction of sp³-hybridized carbons (Fsp3) is 0.308. The number of carboxylic acid groups (broad SMARTS) is 1. The SMILES string of the molecule is NC(=O)c1cccc(NC(=O)NCCCCC(=O)O)c1. The molecule has 0 saturated heterocycles. The van der Waals surface area contributed by atoms with Crippen molar-refractivity contribution in [3.05, 3.63) is 29.8 Å². The van der Waals surface area contributed by atoms with Crippen molar-refractivity contribution in [1.29, 1.82) is 0 Å². The van der Waals surface area contributed by atoms with Gasteiger partial charge >= 0.3 is 12.0 Å². The first-order valence-corrected chi connectivity index (χ1v) is 6.15. The molecule has 0 spiro atoms. The lowest BCUT2D eigenvalue weighted by molar-refractivity contribution is -0.137. The van der Waals surface area contributed by atoms with Crippen LogP contribution in [0.2, 0.25) is 0 Å². The van der Waals surface area contributed by atoms with Crippen LogP contribution >= 0.6 is 0 Å². The number of hydrogen-bond acceptors (Lipinski definition) is 3. The monoisotopic (exact) mass is 279 g/mol. The van der Waals surface area contributed by atoms with E-state index in [1.165, 1.54) is 6.07 Å². The van der Waals surface area contributed by atoms with Crippen molar-refractivity contribution < 1.29 is 19.5 Å². The van der Waals surface area contributed by atoms with Crippen molar-refractivity contribution >= 4 is 23.6 Å². The summed E-state index contributed by atoms with van der Waals surface area (Å²) in [5, 5.41) is 13.6. The van der Waals surface area contributed by atoms with E-state index < -0.39 is 17.9 Å². The molecule has 0 aliphatic carbocycles. The summed E-state index contributed by atoms with van der Waals surface area (Å²) >= 11 is 0. The predicted molar refractivity (Wildman–Crippen MR) is 73.5 cm³/mol. The van der Waals surface area contributed by atoms with Crippen LogP contribution in [0.15, 0.2) is 24.3 Å². The van der Waals surface area contributed by atoms with Gasteiger partial charge in [-0.15, -0.1) is 0 Å². The lowest BCUT2D eigenvalue weighted by atomic mass is 10.2. The molecular weight excluding hydrogens is 262 g/mol. The lowest BCUT2D eigenvalue weighted by Gasteiger charge is -2.08. The van der Waals surface area contributed by atoms with E-state index in [-0.39, 0.29) is 6.42 Å². The van der Waals surface area contributed by atoms with Gasteiger partial charge in [0.1, 0.15) is 0 Å². The molecule has 0 saturated carbocycles. The smallest absolute Gasteiger partial charge is 0.319 e. The zero-order valence-electron chi connectivity index (χ0n) is 10.9. The van der Waals surface area contributed by atoms with Crippen molar-refractivity contribution in [3.8, 4) is 0 Å². The summed E-state index contributed by atoms with van der Waals surface area (Å²) in [6.45, 7) is 0.384. The molecule has 1 aromatic rings. The average molecular weight is 279 g/mol. The molecule has 0 aliphatic heterocycles. The Balaban J connectivity index is 2.33. The van der Waals surface area contributed by atoms with Crippen LogP contribution in [0.25, 0.3) is 0 Å². The summed E-state index contributed by atoms with van der Waals surface area (Å²) in [6, 6.07) is 5.87. The molecule has 0 atom stereocenters. The van der Waals surface area contributed by atoms with Gasteiger partial charge in [-0.2, -0.15) is 0 Å². The molecule has 0 heterocycles. The first-order valence-electron chi connectivity index (χ1n) is 6.15. The van der Waals surface area contributed by atoms with Crippen molar-refractivity contribution in [2.45, 2.75) is 19.3 Å². The van der Waals surface area contributed by atoms with Gasteiger partial charge < -0.3 is 21.5 Å². The number of urea groups is 1. The minimum absolute atomic E-state index is 0.0873. The van der Waals surface area contributed by atoms with Crippen molar-refractivity contribution in [3.63, 3.8) is 0 Å². The number of unbranched alkanes of at least 4 members (excludes halogenated alkanes) is 1. The Labute approximate surface area is 116 Å². The Morgan fingerprint density at radius 2 is 1.95 bits per heavy atom. The number of primary amides is 1. The molecule has 0 unspecified atom stereocenters. The van der Waals surface area contributed by atoms with Gasteiger partial charge in [-0.05, 0) is 31.0 Å². The molecule has 108 valence electrons. The summed E-state index contributed by atoms with van der Waals surface area (Å²) in [4.78, 5) is 32.8. The largest absolute Gasteiger partial charge is 0.481 e. The number of nitrogens with two attached hydrogens (primary N) is 1. The van der Waals surface area contributed by atoms with E-state index in [0.29, 0.717) is 30.6 Å². The molecule has 7 nitrogen and oxygen atoms in total. The van der Waals surface area contributed by atoms with Gasteiger partial charge in [0, 0.05) is 24.2 Å². The molecule has 7 heteroatoms. The second-order valence-electron chi connectivity index (χ2n) is 4.18. The number of aliphatic carboxylic acids is 1. The Kier molecular flexibility index (Phi) is 6.02. The van der Waals surface area contributed by atoms with Gasteiger partial charge in [0.05, 0.1) is 0 Å². The number of carbonyl (C=O) groups excluding carboxylic acids is 2. The highest BCUT2D eigenvalue weighted by Crippen LogP contribution is 2.09. The second kappa shape index (κ2) is 7.78. The molecular formula is C13H17N3O4. The molecule has 5 N–H and O–H groups in total. The maximum atomic E-state index is 11.5. The van der Waals surface area contributed by atoms with Crippen molar-refractivity contribution in [2.24, 2.45) is 5.73 Å². The number of carbonyl (C=O) groups is 3. The summed E-state index contributed by atoms with van der Waals surface area (Å²) in [6.07, 6.45) is 1.18. The summed E-state index contributed by atoms with van der Waals surface area (Å²) in [5.74, 6) is -1.42. The number of nitrogens with one attached hydrogen (secondary N) is 2. The van der Waals surface area contributed by atoms with E-state index in [9.17, 15) is 14.4 Å². The summed E-state index contributed by atoms with van der Waals surface area (Å²) in [5.41, 5.74) is 5.91. The molecule has 0 aliphatic rings. The highest BCUT2D eigenvalue weighted by Gasteiger charge is 2.04. The zero-order chi connectivity index (χ0) is 15.0. The van der Waals surface area contributed by atoms with E-state index in [2.05, 4.69) is 10.6 Å². The van der Waals surface area contributed by atoms with Gasteiger partial charge in [-0.25, -0.2) is 4.79 Å². The number of carboxylic acids is 1. The topological polar surface area (TPSA) is 122 Å². The third-order valence-corrected chi connectivity index (χ3v) is 2.51. The second-order valence-corrected chi connectivity index (χ2v) is 4.18. The minimum atomic E-state index is -0.849. The minimum Gasteiger partial charge on any atom is -0.481 e. The van der Waals surface area contributed by atoms with Gasteiger partial charge in [0.15, 0.2) is 0 Å². The van der Waals surface area contributed by atoms with Crippen LogP contribution in [0.1, 0.15) is 29.6 Å². The van der Waals surface area contributed by atoms with Crippen LogP contribution in [-0.4, -0.2) is 29.6 Å². The molecule has 0 radical (unpaired) electrons. The van der Waals surface area contributed by atoms with E-state index in [1.807, 2.05) is 0 Å². The Bertz CT molecular complexity index is 502. The first-order chi connectivity index (χ1) is 9.49. The van der Waals surface area contributed by atoms with Crippen LogP contribution in [0.5, 0.6) is 0 Å². The Hall–Kier alpha value is -2.57. The molecule has 1 aromatic carbocycles. The molecule has 3 amide bonds. The fourth-order valence-electron chi connectivity index (χ4n) is 1.53. The van der Waals surface area contributed by atoms with E-state index >= 15 is 0 Å². The number of rotatable bonds is 7. The molecule has 0 bridgehead atoms. The third kappa shape index (κ3) is 5.85. The maximum Gasteiger partial charge on any atom is 0.319 e. The van der Waals surface area contributed by atoms with E-state index in [4.69, 9.17) is 10.8 Å². The van der Waals surface area contributed by atoms with Crippen LogP contribution in [0, 0.1) is 0 Å². The van der Waals surface area contributed by atoms with Gasteiger partial charge in [-0.3, -0.25) is 9.59 Å². The maximum absolute atomic E-state index is 11.5. The van der Waals surface area contributed by atoms with Crippen molar-refractivity contribution in [1.82, 2.24) is 5.32 Å². The quantitative estimate of drug-likeness (QED) is 0.559. The van der Waals surface area contributed by atoms with Crippen LogP contribution in [-0.2, 0) is 4.79 Å². The molecule has 0 aromatic heterocycles. The van der Waals surface area contributed by atoms with Gasteiger partial charge in [0.25, 0.3) is 0 Å². The first kappa shape index (κ1) is 15.5. The van der Waals surface area contributed by atoms with Gasteiger partial charge in [0.2, 0.25) is 5.91 Å². The van der Waals surface area contributed by atoms with Crippen LogP contribution in [0.4, 0.5) is 10.5 Å². The fourth-order valence-corrected chi connectivity index (χ4v) is 1.53. The van der Waals surface area contributed by atoms with Crippen molar-refractivity contribution in [2.75, 3.05) is 11.9 Å². The lowest BCUT2D eigenvalue weighted by Crippen LogP contribution is -2.29.